The van der Waals surface area contributed by atoms with Gasteiger partial charge < -0.3 is 9.47 Å². The molecule has 1 saturated carbocycles. The lowest BCUT2D eigenvalue weighted by Gasteiger charge is -2.31. The lowest BCUT2D eigenvalue weighted by molar-refractivity contribution is 0.238. The molecule has 1 fully saturated rings. The third-order valence-corrected chi connectivity index (χ3v) is 6.03. The van der Waals surface area contributed by atoms with Gasteiger partial charge in [-0.1, -0.05) is 31.2 Å². The quantitative estimate of drug-likeness (QED) is 0.738. The van der Waals surface area contributed by atoms with Crippen molar-refractivity contribution in [3.05, 3.63) is 65.2 Å². The van der Waals surface area contributed by atoms with Crippen molar-refractivity contribution in [1.82, 2.24) is 5.01 Å². The molecule has 0 unspecified atom stereocenters. The SMILES string of the molecule is COc1ccc(/C=C2/C3=NN(C)[C@H](c4ccc(OC)cc4)[C@H]3CC[C@H]2C)cc1. The molecular weight excluding hydrogens is 348 g/mol. The number of hydrogen-bond acceptors (Lipinski definition) is 4. The van der Waals surface area contributed by atoms with Crippen LogP contribution in [0.5, 0.6) is 11.5 Å². The van der Waals surface area contributed by atoms with Gasteiger partial charge in [-0.3, -0.25) is 5.01 Å². The van der Waals surface area contributed by atoms with Crippen LogP contribution in [0.2, 0.25) is 0 Å². The summed E-state index contributed by atoms with van der Waals surface area (Å²) in [5.74, 6) is 2.72. The van der Waals surface area contributed by atoms with Gasteiger partial charge in [0, 0.05) is 13.0 Å². The van der Waals surface area contributed by atoms with Gasteiger partial charge in [-0.2, -0.15) is 5.10 Å². The zero-order chi connectivity index (χ0) is 19.7. The molecule has 146 valence electrons. The number of methoxy groups -OCH3 is 2. The molecule has 28 heavy (non-hydrogen) atoms. The smallest absolute Gasteiger partial charge is 0.118 e. The average molecular weight is 377 g/mol. The van der Waals surface area contributed by atoms with Gasteiger partial charge in [0.15, 0.2) is 0 Å². The van der Waals surface area contributed by atoms with E-state index in [0.29, 0.717) is 11.8 Å². The molecule has 0 bridgehead atoms. The molecule has 4 nitrogen and oxygen atoms in total. The first-order valence-electron chi connectivity index (χ1n) is 9.92. The normalized spacial score (nSPS) is 25.4. The molecule has 1 heterocycles. The van der Waals surface area contributed by atoms with E-state index in [0.717, 1.165) is 11.5 Å². The first kappa shape index (κ1) is 18.6. The second-order valence-electron chi connectivity index (χ2n) is 7.73. The van der Waals surface area contributed by atoms with Gasteiger partial charge in [0.05, 0.1) is 26.0 Å². The summed E-state index contributed by atoms with van der Waals surface area (Å²) in [7, 11) is 5.50. The van der Waals surface area contributed by atoms with E-state index < -0.39 is 0 Å². The van der Waals surface area contributed by atoms with Crippen molar-refractivity contribution in [2.24, 2.45) is 16.9 Å². The maximum Gasteiger partial charge on any atom is 0.118 e. The molecule has 3 atom stereocenters. The fraction of sp³-hybridized carbons (Fsp3) is 0.375. The number of fused-ring (bicyclic) bond motifs is 1. The van der Waals surface area contributed by atoms with Gasteiger partial charge >= 0.3 is 0 Å². The molecule has 0 radical (unpaired) electrons. The molecule has 2 aromatic carbocycles. The van der Waals surface area contributed by atoms with Crippen LogP contribution in [-0.4, -0.2) is 32.0 Å². The Morgan fingerprint density at radius 2 is 1.54 bits per heavy atom. The lowest BCUT2D eigenvalue weighted by atomic mass is 9.73. The van der Waals surface area contributed by atoms with E-state index in [2.05, 4.69) is 49.3 Å². The molecule has 4 heteroatoms. The van der Waals surface area contributed by atoms with Crippen LogP contribution in [0.15, 0.2) is 59.2 Å². The number of allylic oxidation sites excluding steroid dienone is 1. The predicted octanol–water partition coefficient (Wildman–Crippen LogP) is 5.18. The molecule has 2 aliphatic rings. The number of hydrazone groups is 1. The van der Waals surface area contributed by atoms with E-state index in [9.17, 15) is 0 Å². The first-order chi connectivity index (χ1) is 13.6. The standard InChI is InChI=1S/C24H28N2O2/c1-16-5-14-21-23(22(16)15-17-6-10-19(27-3)11-7-17)25-26(2)24(21)18-8-12-20(28-4)13-9-18/h6-13,15-16,21,24H,5,14H2,1-4H3/b22-15+/t16-,21+,24-/m1/s1. The molecule has 4 rings (SSSR count). The van der Waals surface area contributed by atoms with Crippen molar-refractivity contribution < 1.29 is 9.47 Å². The van der Waals surface area contributed by atoms with Crippen molar-refractivity contribution in [1.29, 1.82) is 0 Å². The monoisotopic (exact) mass is 376 g/mol. The Labute approximate surface area is 167 Å². The molecule has 1 aliphatic carbocycles. The Morgan fingerprint density at radius 1 is 0.929 bits per heavy atom. The number of hydrogen-bond donors (Lipinski definition) is 0. The Morgan fingerprint density at radius 3 is 2.14 bits per heavy atom. The van der Waals surface area contributed by atoms with Crippen molar-refractivity contribution in [2.75, 3.05) is 21.3 Å². The summed E-state index contributed by atoms with van der Waals surface area (Å²) in [6.07, 6.45) is 4.66. The highest BCUT2D eigenvalue weighted by molar-refractivity contribution is 6.07. The molecule has 0 spiro atoms. The van der Waals surface area contributed by atoms with Crippen LogP contribution in [0.3, 0.4) is 0 Å². The molecule has 0 amide bonds. The van der Waals surface area contributed by atoms with E-state index >= 15 is 0 Å². The maximum atomic E-state index is 5.32. The summed E-state index contributed by atoms with van der Waals surface area (Å²) in [4.78, 5) is 0. The van der Waals surface area contributed by atoms with Crippen molar-refractivity contribution in [3.8, 4) is 11.5 Å². The van der Waals surface area contributed by atoms with Crippen LogP contribution < -0.4 is 9.47 Å². The fourth-order valence-corrected chi connectivity index (χ4v) is 4.47. The number of nitrogens with zero attached hydrogens (tertiary/aromatic N) is 2. The highest BCUT2D eigenvalue weighted by Gasteiger charge is 2.41. The van der Waals surface area contributed by atoms with Gasteiger partial charge in [0.2, 0.25) is 0 Å². The second kappa shape index (κ2) is 7.70. The third kappa shape index (κ3) is 3.39. The minimum atomic E-state index is 0.285. The Hall–Kier alpha value is -2.75. The summed E-state index contributed by atoms with van der Waals surface area (Å²) in [5.41, 5.74) is 5.11. The van der Waals surface area contributed by atoms with Crippen LogP contribution in [-0.2, 0) is 0 Å². The van der Waals surface area contributed by atoms with E-state index in [1.807, 2.05) is 24.3 Å². The maximum absolute atomic E-state index is 5.32. The largest absolute Gasteiger partial charge is 0.497 e. The molecule has 2 aromatic rings. The van der Waals surface area contributed by atoms with Gasteiger partial charge in [-0.05, 0) is 65.8 Å². The Kier molecular flexibility index (Phi) is 5.12. The average Bonchev–Trinajstić information content (AvgIpc) is 3.07. The van der Waals surface area contributed by atoms with E-state index in [4.69, 9.17) is 14.6 Å². The van der Waals surface area contributed by atoms with Gasteiger partial charge in [-0.25, -0.2) is 0 Å². The Bertz CT molecular complexity index is 884. The lowest BCUT2D eigenvalue weighted by Crippen LogP contribution is -2.29. The summed E-state index contributed by atoms with van der Waals surface area (Å²) in [6.45, 7) is 2.31. The Balaban J connectivity index is 1.65. The van der Waals surface area contributed by atoms with Crippen LogP contribution in [0.1, 0.15) is 36.9 Å². The number of benzene rings is 2. The van der Waals surface area contributed by atoms with E-state index in [-0.39, 0.29) is 6.04 Å². The van der Waals surface area contributed by atoms with Crippen LogP contribution >= 0.6 is 0 Å². The number of rotatable bonds is 4. The minimum absolute atomic E-state index is 0.285. The van der Waals surface area contributed by atoms with Crippen LogP contribution in [0.25, 0.3) is 6.08 Å². The molecule has 0 saturated heterocycles. The number of ether oxygens (including phenoxy) is 2. The minimum Gasteiger partial charge on any atom is -0.497 e. The summed E-state index contributed by atoms with van der Waals surface area (Å²) in [5, 5.41) is 7.14. The molecule has 1 aliphatic heterocycles. The van der Waals surface area contributed by atoms with Gasteiger partial charge in [-0.15, -0.1) is 0 Å². The molecular formula is C24H28N2O2. The zero-order valence-electron chi connectivity index (χ0n) is 17.1. The third-order valence-electron chi connectivity index (χ3n) is 6.03. The second-order valence-corrected chi connectivity index (χ2v) is 7.73. The molecule has 0 N–H and O–H groups in total. The highest BCUT2D eigenvalue weighted by Crippen LogP contribution is 2.45. The summed E-state index contributed by atoms with van der Waals surface area (Å²) >= 11 is 0. The summed E-state index contributed by atoms with van der Waals surface area (Å²) in [6, 6.07) is 17.0. The van der Waals surface area contributed by atoms with Crippen molar-refractivity contribution in [2.45, 2.75) is 25.8 Å². The van der Waals surface area contributed by atoms with Crippen LogP contribution in [0.4, 0.5) is 0 Å². The fourth-order valence-electron chi connectivity index (χ4n) is 4.47. The van der Waals surface area contributed by atoms with Gasteiger partial charge in [0.25, 0.3) is 0 Å². The summed E-state index contributed by atoms with van der Waals surface area (Å²) < 4.78 is 10.6. The van der Waals surface area contributed by atoms with E-state index in [1.54, 1.807) is 14.2 Å². The molecule has 0 aromatic heterocycles. The highest BCUT2D eigenvalue weighted by atomic mass is 16.5. The topological polar surface area (TPSA) is 34.1 Å². The first-order valence-corrected chi connectivity index (χ1v) is 9.92. The van der Waals surface area contributed by atoms with Crippen molar-refractivity contribution in [3.63, 3.8) is 0 Å². The van der Waals surface area contributed by atoms with E-state index in [1.165, 1.54) is 35.3 Å². The zero-order valence-corrected chi connectivity index (χ0v) is 17.1. The van der Waals surface area contributed by atoms with Crippen molar-refractivity contribution >= 4 is 11.8 Å². The predicted molar refractivity (Wildman–Crippen MR) is 114 cm³/mol. The van der Waals surface area contributed by atoms with Crippen LogP contribution in [0, 0.1) is 11.8 Å². The van der Waals surface area contributed by atoms with Gasteiger partial charge in [0.1, 0.15) is 11.5 Å².